The quantitative estimate of drug-likeness (QED) is 0.353. The maximum Gasteiger partial charge on any atom is 0.251 e. The number of hydrogen-bond acceptors (Lipinski definition) is 7. The van der Waals surface area contributed by atoms with Crippen LogP contribution in [-0.2, 0) is 11.8 Å². The van der Waals surface area contributed by atoms with Gasteiger partial charge in [0.2, 0.25) is 5.91 Å². The van der Waals surface area contributed by atoms with Gasteiger partial charge in [0, 0.05) is 23.6 Å². The Bertz CT molecular complexity index is 1290. The molecule has 0 fully saturated rings. The van der Waals surface area contributed by atoms with Crippen LogP contribution in [0.2, 0.25) is 0 Å². The van der Waals surface area contributed by atoms with Gasteiger partial charge in [-0.2, -0.15) is 0 Å². The lowest BCUT2D eigenvalue weighted by molar-refractivity contribution is -0.113. The minimum Gasteiger partial charge on any atom is -0.342 e. The average Bonchev–Trinajstić information content (AvgIpc) is 3.45. The second-order valence-corrected chi connectivity index (χ2v) is 9.14. The van der Waals surface area contributed by atoms with E-state index in [1.165, 1.54) is 47.4 Å². The summed E-state index contributed by atoms with van der Waals surface area (Å²) in [6, 6.07) is 14.6. The third-order valence-corrected chi connectivity index (χ3v) is 6.64. The summed E-state index contributed by atoms with van der Waals surface area (Å²) in [5, 5.41) is 16.9. The number of hydrogen-bond donors (Lipinski definition) is 2. The van der Waals surface area contributed by atoms with Crippen molar-refractivity contribution in [2.45, 2.75) is 18.1 Å². The molecule has 2 aromatic carbocycles. The average molecular weight is 497 g/mol. The molecule has 2 aromatic heterocycles. The topological polar surface area (TPSA) is 102 Å². The molecule has 174 valence electrons. The normalized spacial score (nSPS) is 11.7. The molecule has 0 unspecified atom stereocenters. The second-order valence-electron chi connectivity index (χ2n) is 7.34. The molecule has 8 nitrogen and oxygen atoms in total. The van der Waals surface area contributed by atoms with E-state index in [-0.39, 0.29) is 17.6 Å². The Morgan fingerprint density at radius 3 is 2.59 bits per heavy atom. The Morgan fingerprint density at radius 2 is 1.85 bits per heavy atom. The number of anilines is 1. The summed E-state index contributed by atoms with van der Waals surface area (Å²) in [5.41, 5.74) is 2.14. The van der Waals surface area contributed by atoms with E-state index >= 15 is 0 Å². The highest BCUT2D eigenvalue weighted by molar-refractivity contribution is 7.99. The number of nitrogens with one attached hydrogen (secondary N) is 2. The van der Waals surface area contributed by atoms with Gasteiger partial charge in [-0.3, -0.25) is 9.59 Å². The summed E-state index contributed by atoms with van der Waals surface area (Å²) in [5.74, 6) is -0.299. The summed E-state index contributed by atoms with van der Waals surface area (Å²) in [6.45, 7) is 1.78. The van der Waals surface area contributed by atoms with Crippen LogP contribution in [0.4, 0.5) is 9.52 Å². The lowest BCUT2D eigenvalue weighted by Gasteiger charge is -2.13. The molecule has 0 aliphatic carbocycles. The van der Waals surface area contributed by atoms with Gasteiger partial charge < -0.3 is 15.2 Å². The lowest BCUT2D eigenvalue weighted by atomic mass is 10.2. The first-order chi connectivity index (χ1) is 16.4. The van der Waals surface area contributed by atoms with E-state index in [4.69, 9.17) is 0 Å². The predicted molar refractivity (Wildman–Crippen MR) is 130 cm³/mol. The molecule has 0 saturated heterocycles. The fourth-order valence-corrected chi connectivity index (χ4v) is 4.59. The Hall–Kier alpha value is -3.57. The van der Waals surface area contributed by atoms with E-state index in [1.54, 1.807) is 18.5 Å². The van der Waals surface area contributed by atoms with E-state index in [2.05, 4.69) is 25.8 Å². The van der Waals surface area contributed by atoms with Gasteiger partial charge in [-0.05, 0) is 31.2 Å². The molecular formula is C23H21FN6O2S2. The number of thioether (sulfide) groups is 1. The van der Waals surface area contributed by atoms with Crippen molar-refractivity contribution in [3.05, 3.63) is 77.2 Å². The van der Waals surface area contributed by atoms with Gasteiger partial charge in [-0.15, -0.1) is 21.5 Å². The molecule has 0 radical (unpaired) electrons. The maximum atomic E-state index is 13.1. The number of halogens is 1. The Balaban J connectivity index is 1.31. The van der Waals surface area contributed by atoms with Gasteiger partial charge in [0.05, 0.1) is 17.5 Å². The summed E-state index contributed by atoms with van der Waals surface area (Å²) >= 11 is 2.60. The van der Waals surface area contributed by atoms with Crippen LogP contribution in [0.5, 0.6) is 0 Å². The zero-order valence-electron chi connectivity index (χ0n) is 18.4. The predicted octanol–water partition coefficient (Wildman–Crippen LogP) is 4.30. The molecule has 4 rings (SSSR count). The molecule has 2 N–H and O–H groups in total. The number of carbonyl (C=O) groups excluding carboxylic acids is 2. The number of nitrogens with zero attached hydrogens (tertiary/aromatic N) is 4. The highest BCUT2D eigenvalue weighted by atomic mass is 32.2. The van der Waals surface area contributed by atoms with Crippen LogP contribution in [0.15, 0.2) is 65.1 Å². The molecule has 2 heterocycles. The standard InChI is InChI=1S/C23H21FN6O2S2/c1-14(25-21(32)16-8-10-17(24)11-9-16)20-28-29-23(30(20)2)34-13-19(31)27-22-26-18(12-33-22)15-6-4-3-5-7-15/h3-12,14H,13H2,1-2H3,(H,25,32)(H,26,27,31)/t14-/m1/s1. The molecule has 0 aliphatic heterocycles. The lowest BCUT2D eigenvalue weighted by Crippen LogP contribution is -2.28. The Kier molecular flexibility index (Phi) is 7.33. The minimum atomic E-state index is -0.440. The summed E-state index contributed by atoms with van der Waals surface area (Å²) in [7, 11) is 1.77. The van der Waals surface area contributed by atoms with E-state index < -0.39 is 11.9 Å². The van der Waals surface area contributed by atoms with Crippen LogP contribution in [0.1, 0.15) is 29.1 Å². The molecule has 0 spiro atoms. The highest BCUT2D eigenvalue weighted by Gasteiger charge is 2.19. The van der Waals surface area contributed by atoms with E-state index in [9.17, 15) is 14.0 Å². The summed E-state index contributed by atoms with van der Waals surface area (Å²) in [4.78, 5) is 29.2. The number of carbonyl (C=O) groups is 2. The maximum absolute atomic E-state index is 13.1. The zero-order valence-corrected chi connectivity index (χ0v) is 20.0. The molecule has 0 aliphatic rings. The Labute approximate surface area is 203 Å². The van der Waals surface area contributed by atoms with Crippen LogP contribution in [0, 0.1) is 5.82 Å². The number of benzene rings is 2. The molecule has 2 amide bonds. The van der Waals surface area contributed by atoms with E-state index in [1.807, 2.05) is 35.7 Å². The second kappa shape index (κ2) is 10.6. The van der Waals surface area contributed by atoms with Crippen LogP contribution < -0.4 is 10.6 Å². The molecule has 1 atom stereocenters. The van der Waals surface area contributed by atoms with Crippen LogP contribution >= 0.6 is 23.1 Å². The van der Waals surface area contributed by atoms with Gasteiger partial charge in [0.25, 0.3) is 5.91 Å². The van der Waals surface area contributed by atoms with Crippen molar-refractivity contribution in [3.8, 4) is 11.3 Å². The summed E-state index contributed by atoms with van der Waals surface area (Å²) in [6.07, 6.45) is 0. The SMILES string of the molecule is C[C@@H](NC(=O)c1ccc(F)cc1)c1nnc(SCC(=O)Nc2nc(-c3ccccc3)cs2)n1C. The summed E-state index contributed by atoms with van der Waals surface area (Å²) < 4.78 is 14.8. The smallest absolute Gasteiger partial charge is 0.251 e. The van der Waals surface area contributed by atoms with Gasteiger partial charge in [0.1, 0.15) is 5.82 Å². The number of amides is 2. The van der Waals surface area contributed by atoms with Gasteiger partial charge in [-0.25, -0.2) is 9.37 Å². The van der Waals surface area contributed by atoms with Crippen molar-refractivity contribution in [1.29, 1.82) is 0 Å². The zero-order chi connectivity index (χ0) is 24.1. The van der Waals surface area contributed by atoms with Crippen molar-refractivity contribution in [3.63, 3.8) is 0 Å². The fraction of sp³-hybridized carbons (Fsp3) is 0.174. The Morgan fingerprint density at radius 1 is 1.12 bits per heavy atom. The van der Waals surface area contributed by atoms with Crippen molar-refractivity contribution in [2.24, 2.45) is 7.05 Å². The fourth-order valence-electron chi connectivity index (χ4n) is 3.13. The molecular weight excluding hydrogens is 475 g/mol. The molecule has 4 aromatic rings. The first kappa shape index (κ1) is 23.6. The van der Waals surface area contributed by atoms with Crippen molar-refractivity contribution >= 4 is 40.0 Å². The van der Waals surface area contributed by atoms with Crippen molar-refractivity contribution in [1.82, 2.24) is 25.1 Å². The number of rotatable bonds is 8. The minimum absolute atomic E-state index is 0.128. The number of thiazole rings is 1. The first-order valence-electron chi connectivity index (χ1n) is 10.3. The third-order valence-electron chi connectivity index (χ3n) is 4.86. The molecule has 11 heteroatoms. The van der Waals surface area contributed by atoms with Crippen LogP contribution in [-0.4, -0.2) is 37.3 Å². The monoisotopic (exact) mass is 496 g/mol. The van der Waals surface area contributed by atoms with Gasteiger partial charge in [0.15, 0.2) is 16.1 Å². The van der Waals surface area contributed by atoms with Gasteiger partial charge in [-0.1, -0.05) is 42.1 Å². The van der Waals surface area contributed by atoms with E-state index in [0.29, 0.717) is 21.7 Å². The van der Waals surface area contributed by atoms with Crippen molar-refractivity contribution < 1.29 is 14.0 Å². The number of aromatic nitrogens is 4. The van der Waals surface area contributed by atoms with Crippen LogP contribution in [0.3, 0.4) is 0 Å². The molecule has 0 bridgehead atoms. The molecule has 0 saturated carbocycles. The van der Waals surface area contributed by atoms with Crippen LogP contribution in [0.25, 0.3) is 11.3 Å². The highest BCUT2D eigenvalue weighted by Crippen LogP contribution is 2.25. The van der Waals surface area contributed by atoms with Gasteiger partial charge >= 0.3 is 0 Å². The third kappa shape index (κ3) is 5.67. The molecule has 34 heavy (non-hydrogen) atoms. The first-order valence-corrected chi connectivity index (χ1v) is 12.2. The van der Waals surface area contributed by atoms with Crippen molar-refractivity contribution in [2.75, 3.05) is 11.1 Å². The largest absolute Gasteiger partial charge is 0.342 e. The van der Waals surface area contributed by atoms with E-state index in [0.717, 1.165) is 11.3 Å².